The van der Waals surface area contributed by atoms with Gasteiger partial charge in [-0.15, -0.1) is 23.2 Å². The van der Waals surface area contributed by atoms with Gasteiger partial charge in [0, 0.05) is 18.3 Å². The number of carbonyl (C=O) groups is 1. The van der Waals surface area contributed by atoms with Gasteiger partial charge in [-0.05, 0) is 32.4 Å². The van der Waals surface area contributed by atoms with Crippen molar-refractivity contribution in [1.82, 2.24) is 0 Å². The van der Waals surface area contributed by atoms with Crippen molar-refractivity contribution in [2.75, 3.05) is 11.4 Å². The molecule has 1 saturated carbocycles. The summed E-state index contributed by atoms with van der Waals surface area (Å²) in [7, 11) is 0. The average molecular weight is 308 g/mol. The molecular formula is C13H13Cl2F2NO. The van der Waals surface area contributed by atoms with E-state index in [1.807, 2.05) is 0 Å². The number of rotatable bonds is 3. The van der Waals surface area contributed by atoms with Gasteiger partial charge in [0.05, 0.1) is 5.41 Å². The maximum Gasteiger partial charge on any atom is 0.236 e. The van der Waals surface area contributed by atoms with Gasteiger partial charge < -0.3 is 4.90 Å². The second-order valence-electron chi connectivity index (χ2n) is 4.86. The van der Waals surface area contributed by atoms with E-state index in [9.17, 15) is 13.6 Å². The summed E-state index contributed by atoms with van der Waals surface area (Å²) < 4.78 is 25.1. The molecule has 104 valence electrons. The van der Waals surface area contributed by atoms with Crippen molar-refractivity contribution in [1.29, 1.82) is 0 Å². The molecule has 19 heavy (non-hydrogen) atoms. The lowest BCUT2D eigenvalue weighted by molar-refractivity contribution is -0.123. The third-order valence-corrected chi connectivity index (χ3v) is 4.61. The van der Waals surface area contributed by atoms with E-state index in [2.05, 4.69) is 0 Å². The van der Waals surface area contributed by atoms with E-state index in [-0.39, 0.29) is 5.91 Å². The molecule has 1 aliphatic rings. The van der Waals surface area contributed by atoms with E-state index < -0.39 is 21.4 Å². The number of nitrogens with zero attached hydrogens (tertiary/aromatic N) is 1. The van der Waals surface area contributed by atoms with Gasteiger partial charge in [-0.2, -0.15) is 0 Å². The molecule has 6 heteroatoms. The maximum atomic E-state index is 13.2. The molecule has 2 rings (SSSR count). The van der Waals surface area contributed by atoms with Crippen LogP contribution in [0.3, 0.4) is 0 Å². The van der Waals surface area contributed by atoms with Crippen LogP contribution in [0.1, 0.15) is 20.3 Å². The summed E-state index contributed by atoms with van der Waals surface area (Å²) in [4.78, 5) is 13.8. The molecule has 0 aromatic heterocycles. The molecule has 0 bridgehead atoms. The number of carbonyl (C=O) groups excluding carboxylic acids is 1. The first-order valence-corrected chi connectivity index (χ1v) is 6.63. The molecule has 0 spiro atoms. The third kappa shape index (κ3) is 2.32. The Bertz CT molecular complexity index is 535. The highest BCUT2D eigenvalue weighted by Crippen LogP contribution is 2.64. The van der Waals surface area contributed by atoms with Crippen molar-refractivity contribution < 1.29 is 13.6 Å². The minimum absolute atomic E-state index is 0.286. The van der Waals surface area contributed by atoms with Gasteiger partial charge in [-0.3, -0.25) is 4.79 Å². The van der Waals surface area contributed by atoms with Crippen LogP contribution in [0.5, 0.6) is 0 Å². The Hall–Kier alpha value is -0.870. The van der Waals surface area contributed by atoms with Crippen LogP contribution in [0.15, 0.2) is 18.2 Å². The minimum Gasteiger partial charge on any atom is -0.312 e. The summed E-state index contributed by atoms with van der Waals surface area (Å²) in [5.74, 6) is -2.23. The molecule has 1 atom stereocenters. The molecule has 0 radical (unpaired) electrons. The van der Waals surface area contributed by atoms with Gasteiger partial charge in [0.2, 0.25) is 5.91 Å². The van der Waals surface area contributed by atoms with Gasteiger partial charge in [-0.25, -0.2) is 8.78 Å². The number of amides is 1. The van der Waals surface area contributed by atoms with Gasteiger partial charge in [0.25, 0.3) is 0 Å². The third-order valence-electron chi connectivity index (χ3n) is 3.51. The number of hydrogen-bond acceptors (Lipinski definition) is 1. The van der Waals surface area contributed by atoms with Crippen molar-refractivity contribution in [2.45, 2.75) is 24.6 Å². The predicted octanol–water partition coefficient (Wildman–Crippen LogP) is 3.90. The van der Waals surface area contributed by atoms with Gasteiger partial charge >= 0.3 is 0 Å². The van der Waals surface area contributed by atoms with Crippen molar-refractivity contribution in [3.05, 3.63) is 29.8 Å². The number of halogens is 4. The quantitative estimate of drug-likeness (QED) is 0.776. The molecule has 0 saturated heterocycles. The van der Waals surface area contributed by atoms with Gasteiger partial charge in [-0.1, -0.05) is 0 Å². The fraction of sp³-hybridized carbons (Fsp3) is 0.462. The van der Waals surface area contributed by atoms with Crippen molar-refractivity contribution in [3.8, 4) is 0 Å². The summed E-state index contributed by atoms with van der Waals surface area (Å²) in [5, 5.41) is 0. The fourth-order valence-electron chi connectivity index (χ4n) is 2.03. The smallest absolute Gasteiger partial charge is 0.236 e. The number of alkyl halides is 2. The first-order chi connectivity index (χ1) is 8.73. The molecule has 0 N–H and O–H groups in total. The summed E-state index contributed by atoms with van der Waals surface area (Å²) in [5.41, 5.74) is -0.583. The lowest BCUT2D eigenvalue weighted by atomic mass is 10.1. The van der Waals surface area contributed by atoms with Crippen LogP contribution >= 0.6 is 23.2 Å². The Labute approximate surface area is 120 Å². The first kappa shape index (κ1) is 14.5. The van der Waals surface area contributed by atoms with Crippen molar-refractivity contribution >= 4 is 34.8 Å². The van der Waals surface area contributed by atoms with E-state index in [0.29, 0.717) is 18.7 Å². The molecule has 1 amide bonds. The van der Waals surface area contributed by atoms with E-state index in [0.717, 1.165) is 12.1 Å². The van der Waals surface area contributed by atoms with Crippen LogP contribution in [-0.2, 0) is 4.79 Å². The molecule has 1 aliphatic carbocycles. The Morgan fingerprint density at radius 1 is 1.37 bits per heavy atom. The number of benzene rings is 1. The van der Waals surface area contributed by atoms with Crippen LogP contribution in [0.2, 0.25) is 0 Å². The van der Waals surface area contributed by atoms with Crippen LogP contribution in [0, 0.1) is 17.0 Å². The SMILES string of the molecule is CCN(C(=O)C1(C)CC1(Cl)Cl)c1ccc(F)c(F)c1. The predicted molar refractivity (Wildman–Crippen MR) is 71.5 cm³/mol. The molecule has 1 unspecified atom stereocenters. The highest BCUT2D eigenvalue weighted by atomic mass is 35.5. The lowest BCUT2D eigenvalue weighted by Gasteiger charge is -2.25. The second kappa shape index (κ2) is 4.60. The van der Waals surface area contributed by atoms with E-state index in [4.69, 9.17) is 23.2 Å². The van der Waals surface area contributed by atoms with Crippen molar-refractivity contribution in [2.24, 2.45) is 5.41 Å². The molecule has 1 fully saturated rings. The molecule has 0 aliphatic heterocycles. The van der Waals surface area contributed by atoms with E-state index in [1.165, 1.54) is 11.0 Å². The number of anilines is 1. The highest BCUT2D eigenvalue weighted by molar-refractivity contribution is 6.53. The normalized spacial score (nSPS) is 24.1. The van der Waals surface area contributed by atoms with Crippen LogP contribution in [-0.4, -0.2) is 16.8 Å². The van der Waals surface area contributed by atoms with E-state index >= 15 is 0 Å². The first-order valence-electron chi connectivity index (χ1n) is 5.88. The molecule has 1 aromatic rings. The van der Waals surface area contributed by atoms with Crippen LogP contribution in [0.25, 0.3) is 0 Å². The summed E-state index contributed by atoms with van der Waals surface area (Å²) in [6.07, 6.45) is 0.349. The molecular weight excluding hydrogens is 295 g/mol. The van der Waals surface area contributed by atoms with E-state index in [1.54, 1.807) is 13.8 Å². The van der Waals surface area contributed by atoms with Crippen LogP contribution < -0.4 is 4.90 Å². The Balaban J connectivity index is 2.30. The highest BCUT2D eigenvalue weighted by Gasteiger charge is 2.68. The monoisotopic (exact) mass is 307 g/mol. The van der Waals surface area contributed by atoms with Crippen molar-refractivity contribution in [3.63, 3.8) is 0 Å². The Kier molecular flexibility index (Phi) is 3.52. The van der Waals surface area contributed by atoms with Crippen LogP contribution in [0.4, 0.5) is 14.5 Å². The maximum absolute atomic E-state index is 13.2. The topological polar surface area (TPSA) is 20.3 Å². The molecule has 2 nitrogen and oxygen atoms in total. The van der Waals surface area contributed by atoms with Gasteiger partial charge in [0.1, 0.15) is 4.33 Å². The summed E-state index contributed by atoms with van der Waals surface area (Å²) in [6, 6.07) is 3.34. The summed E-state index contributed by atoms with van der Waals surface area (Å²) in [6.45, 7) is 3.73. The zero-order valence-corrected chi connectivity index (χ0v) is 12.0. The largest absolute Gasteiger partial charge is 0.312 e. The summed E-state index contributed by atoms with van der Waals surface area (Å²) >= 11 is 11.9. The Morgan fingerprint density at radius 3 is 2.37 bits per heavy atom. The standard InChI is InChI=1S/C13H13Cl2F2NO/c1-3-18(8-4-5-9(16)10(17)6-8)11(19)12(2)7-13(12,14)15/h4-6H,3,7H2,1-2H3. The minimum atomic E-state index is -1.09. The molecule has 0 heterocycles. The fourth-order valence-corrected chi connectivity index (χ4v) is 2.72. The zero-order valence-electron chi connectivity index (χ0n) is 10.5. The Morgan fingerprint density at radius 2 is 1.95 bits per heavy atom. The average Bonchev–Trinajstić information content (AvgIpc) is 2.85. The lowest BCUT2D eigenvalue weighted by Crippen LogP contribution is -2.38. The second-order valence-corrected chi connectivity index (χ2v) is 6.35. The molecule has 1 aromatic carbocycles. The number of hydrogen-bond donors (Lipinski definition) is 0. The zero-order chi connectivity index (χ0) is 14.4. The van der Waals surface area contributed by atoms with Gasteiger partial charge in [0.15, 0.2) is 11.6 Å².